The van der Waals surface area contributed by atoms with Gasteiger partial charge in [-0.3, -0.25) is 4.79 Å². The van der Waals surface area contributed by atoms with Gasteiger partial charge in [0.25, 0.3) is 0 Å². The highest BCUT2D eigenvalue weighted by Crippen LogP contribution is 2.31. The molecule has 25 heavy (non-hydrogen) atoms. The minimum absolute atomic E-state index is 0.100. The molecule has 9 heteroatoms. The minimum atomic E-state index is -0.607. The molecular weight excluding hydrogens is 392 g/mol. The van der Waals surface area contributed by atoms with Crippen LogP contribution in [0.25, 0.3) is 0 Å². The molecule has 8 nitrogen and oxygen atoms in total. The Kier molecular flexibility index (Phi) is 5.46. The Morgan fingerprint density at radius 3 is 2.60 bits per heavy atom. The molecule has 0 fully saturated rings. The van der Waals surface area contributed by atoms with Gasteiger partial charge in [0.1, 0.15) is 16.8 Å². The normalized spacial score (nSPS) is 11.0. The van der Waals surface area contributed by atoms with Crippen LogP contribution >= 0.6 is 15.9 Å². The molecule has 0 atom stereocenters. The molecule has 1 aromatic carbocycles. The van der Waals surface area contributed by atoms with Crippen LogP contribution < -0.4 is 5.32 Å². The molecule has 0 saturated heterocycles. The highest BCUT2D eigenvalue weighted by molar-refractivity contribution is 9.10. The average molecular weight is 411 g/mol. The van der Waals surface area contributed by atoms with Gasteiger partial charge in [0.15, 0.2) is 0 Å². The van der Waals surface area contributed by atoms with Crippen molar-refractivity contribution < 1.29 is 14.8 Å². The van der Waals surface area contributed by atoms with E-state index in [-0.39, 0.29) is 34.4 Å². The first-order valence-electron chi connectivity index (χ1n) is 7.62. The number of nitrogens with zero attached hydrogens (tertiary/aromatic N) is 3. The number of carbonyl (C=O) groups is 1. The number of benzene rings is 1. The second-order valence-electron chi connectivity index (χ2n) is 6.07. The van der Waals surface area contributed by atoms with Gasteiger partial charge < -0.3 is 20.5 Å². The maximum Gasteiger partial charge on any atom is 0.404 e. The maximum atomic E-state index is 12.3. The lowest BCUT2D eigenvalue weighted by molar-refractivity contribution is -0.390. The van der Waals surface area contributed by atoms with Gasteiger partial charge in [0, 0.05) is 5.69 Å². The summed E-state index contributed by atoms with van der Waals surface area (Å²) < 4.78 is 1.53. The number of amides is 1. The number of aromatic hydroxyl groups is 1. The van der Waals surface area contributed by atoms with Crippen LogP contribution in [0.5, 0.6) is 5.75 Å². The summed E-state index contributed by atoms with van der Waals surface area (Å²) in [5, 5.41) is 27.5. The number of phenolic OH excluding ortho intramolecular Hbond substituents is 1. The molecule has 2 rings (SSSR count). The summed E-state index contributed by atoms with van der Waals surface area (Å²) in [5.74, 6) is -0.402. The lowest BCUT2D eigenvalue weighted by Crippen LogP contribution is -2.21. The van der Waals surface area contributed by atoms with Crippen LogP contribution in [0.1, 0.15) is 36.6 Å². The molecule has 1 aromatic heterocycles. The van der Waals surface area contributed by atoms with Gasteiger partial charge in [-0.25, -0.2) is 0 Å². The highest BCUT2D eigenvalue weighted by atomic mass is 79.9. The van der Waals surface area contributed by atoms with E-state index in [0.717, 1.165) is 11.1 Å². The third-order valence-corrected chi connectivity index (χ3v) is 4.78. The number of hydrogen-bond acceptors (Lipinski definition) is 5. The second-order valence-corrected chi connectivity index (χ2v) is 6.86. The molecule has 0 saturated carbocycles. The van der Waals surface area contributed by atoms with Crippen molar-refractivity contribution in [2.75, 3.05) is 5.32 Å². The smallest absolute Gasteiger partial charge is 0.404 e. The van der Waals surface area contributed by atoms with Crippen LogP contribution in [0.15, 0.2) is 16.6 Å². The predicted molar refractivity (Wildman–Crippen MR) is 96.9 cm³/mol. The number of phenols is 1. The standard InChI is InChI=1S/C16H19BrN4O4/c1-8(2)11-6-12(9(3)5-13(11)22)18-14(23)7-20-10(4)15(17)16(19-20)21(24)25/h5-6,8,22H,7H2,1-4H3,(H,18,23). The molecule has 2 aromatic rings. The Morgan fingerprint density at radius 2 is 2.08 bits per heavy atom. The number of halogens is 1. The fourth-order valence-corrected chi connectivity index (χ4v) is 2.84. The number of nitro groups is 1. The van der Waals surface area contributed by atoms with Crippen molar-refractivity contribution in [3.8, 4) is 5.75 Å². The highest BCUT2D eigenvalue weighted by Gasteiger charge is 2.24. The number of rotatable bonds is 5. The number of aromatic nitrogens is 2. The van der Waals surface area contributed by atoms with Gasteiger partial charge in [-0.05, 0) is 63.9 Å². The maximum absolute atomic E-state index is 12.3. The SMILES string of the molecule is Cc1cc(O)c(C(C)C)cc1NC(=O)Cn1nc([N+](=O)[O-])c(Br)c1C. The molecule has 134 valence electrons. The molecule has 0 aliphatic heterocycles. The average Bonchev–Trinajstić information content (AvgIpc) is 2.78. The van der Waals surface area contributed by atoms with Crippen molar-refractivity contribution in [2.24, 2.45) is 0 Å². The summed E-state index contributed by atoms with van der Waals surface area (Å²) in [7, 11) is 0. The number of anilines is 1. The van der Waals surface area contributed by atoms with Crippen molar-refractivity contribution in [3.63, 3.8) is 0 Å². The molecule has 2 N–H and O–H groups in total. The number of hydrogen-bond donors (Lipinski definition) is 2. The van der Waals surface area contributed by atoms with E-state index in [2.05, 4.69) is 26.3 Å². The first-order chi connectivity index (χ1) is 11.6. The van der Waals surface area contributed by atoms with Crippen molar-refractivity contribution in [1.82, 2.24) is 9.78 Å². The summed E-state index contributed by atoms with van der Waals surface area (Å²) in [6, 6.07) is 3.34. The number of aryl methyl sites for hydroxylation is 1. The third kappa shape index (κ3) is 3.98. The molecule has 0 aliphatic rings. The van der Waals surface area contributed by atoms with Gasteiger partial charge in [-0.15, -0.1) is 0 Å². The summed E-state index contributed by atoms with van der Waals surface area (Å²) in [6.07, 6.45) is 0. The van der Waals surface area contributed by atoms with Crippen molar-refractivity contribution in [3.05, 3.63) is 43.5 Å². The third-order valence-electron chi connectivity index (χ3n) is 3.85. The lowest BCUT2D eigenvalue weighted by Gasteiger charge is -2.14. The Labute approximate surface area is 153 Å². The quantitative estimate of drug-likeness (QED) is 0.444. The van der Waals surface area contributed by atoms with Crippen LogP contribution in [0.4, 0.5) is 11.5 Å². The molecule has 0 radical (unpaired) electrons. The zero-order valence-electron chi connectivity index (χ0n) is 14.3. The molecule has 0 bridgehead atoms. The van der Waals surface area contributed by atoms with Gasteiger partial charge in [-0.1, -0.05) is 13.8 Å². The van der Waals surface area contributed by atoms with Crippen LogP contribution in [0.3, 0.4) is 0 Å². The van der Waals surface area contributed by atoms with Gasteiger partial charge in [-0.2, -0.15) is 4.68 Å². The monoisotopic (exact) mass is 410 g/mol. The van der Waals surface area contributed by atoms with Crippen molar-refractivity contribution in [2.45, 2.75) is 40.2 Å². The Bertz CT molecular complexity index is 845. The molecule has 1 heterocycles. The summed E-state index contributed by atoms with van der Waals surface area (Å²) in [6.45, 7) is 7.15. The van der Waals surface area contributed by atoms with E-state index in [1.807, 2.05) is 13.8 Å². The molecular formula is C16H19BrN4O4. The van der Waals surface area contributed by atoms with Crippen molar-refractivity contribution in [1.29, 1.82) is 0 Å². The van der Waals surface area contributed by atoms with Gasteiger partial charge in [0.05, 0.1) is 10.8 Å². The van der Waals surface area contributed by atoms with Crippen LogP contribution in [0, 0.1) is 24.0 Å². The van der Waals surface area contributed by atoms with Crippen molar-refractivity contribution >= 4 is 33.3 Å². The second kappa shape index (κ2) is 7.22. The summed E-state index contributed by atoms with van der Waals surface area (Å²) in [4.78, 5) is 22.6. The zero-order valence-corrected chi connectivity index (χ0v) is 15.9. The Balaban J connectivity index is 2.23. The van der Waals surface area contributed by atoms with E-state index >= 15 is 0 Å². The first kappa shape index (κ1) is 18.9. The number of carbonyl (C=O) groups excluding carboxylic acids is 1. The molecule has 0 aliphatic carbocycles. The molecule has 0 spiro atoms. The summed E-state index contributed by atoms with van der Waals surface area (Å²) >= 11 is 3.12. The largest absolute Gasteiger partial charge is 0.508 e. The lowest BCUT2D eigenvalue weighted by atomic mass is 9.99. The van der Waals surface area contributed by atoms with Crippen LogP contribution in [-0.2, 0) is 11.3 Å². The molecule has 1 amide bonds. The summed E-state index contributed by atoms with van der Waals surface area (Å²) in [5.41, 5.74) is 2.53. The zero-order chi connectivity index (χ0) is 18.9. The fourth-order valence-electron chi connectivity index (χ4n) is 2.41. The van der Waals surface area contributed by atoms with Gasteiger partial charge in [0.2, 0.25) is 5.91 Å². The predicted octanol–water partition coefficient (Wildman–Crippen LogP) is 3.64. The molecule has 0 unspecified atom stereocenters. The van der Waals surface area contributed by atoms with Crippen LogP contribution in [-0.4, -0.2) is 25.7 Å². The Hall–Kier alpha value is -2.42. The van der Waals surface area contributed by atoms with Crippen LogP contribution in [0.2, 0.25) is 0 Å². The first-order valence-corrected chi connectivity index (χ1v) is 8.41. The number of nitrogens with one attached hydrogen (secondary N) is 1. The van der Waals surface area contributed by atoms with Gasteiger partial charge >= 0.3 is 5.82 Å². The van der Waals surface area contributed by atoms with E-state index in [1.54, 1.807) is 26.0 Å². The van der Waals surface area contributed by atoms with E-state index in [1.165, 1.54) is 4.68 Å². The fraction of sp³-hybridized carbons (Fsp3) is 0.375. The Morgan fingerprint density at radius 1 is 1.44 bits per heavy atom. The topological polar surface area (TPSA) is 110 Å². The van der Waals surface area contributed by atoms with E-state index in [9.17, 15) is 20.0 Å². The van der Waals surface area contributed by atoms with E-state index < -0.39 is 4.92 Å². The van der Waals surface area contributed by atoms with E-state index in [0.29, 0.717) is 11.4 Å². The minimum Gasteiger partial charge on any atom is -0.508 e. The van der Waals surface area contributed by atoms with E-state index in [4.69, 9.17) is 0 Å².